The Bertz CT molecular complexity index is 602. The second-order valence-electron chi connectivity index (χ2n) is 3.85. The largest absolute Gasteiger partial charge is 0.332 e. The number of carbonyl (C=O) groups excluding carboxylic acids is 1. The minimum atomic E-state index is -0.292. The Morgan fingerprint density at radius 1 is 1.26 bits per heavy atom. The highest BCUT2D eigenvalue weighted by molar-refractivity contribution is 5.89. The van der Waals surface area contributed by atoms with Crippen LogP contribution in [0.5, 0.6) is 0 Å². The van der Waals surface area contributed by atoms with Gasteiger partial charge in [0.2, 0.25) is 0 Å². The quantitative estimate of drug-likeness (QED) is 0.823. The second kappa shape index (κ2) is 6.22. The zero-order valence-corrected chi connectivity index (χ0v) is 10.3. The summed E-state index contributed by atoms with van der Waals surface area (Å²) < 4.78 is 0. The lowest BCUT2D eigenvalue weighted by Gasteiger charge is -2.07. The third kappa shape index (κ3) is 3.86. The van der Waals surface area contributed by atoms with Crippen molar-refractivity contribution in [3.05, 3.63) is 59.9 Å². The van der Waals surface area contributed by atoms with E-state index in [1.165, 1.54) is 0 Å². The minimum Gasteiger partial charge on any atom is -0.332 e. The number of aromatic nitrogens is 1. The van der Waals surface area contributed by atoms with Gasteiger partial charge in [-0.25, -0.2) is 4.79 Å². The van der Waals surface area contributed by atoms with Crippen LogP contribution in [0.15, 0.2) is 48.7 Å². The lowest BCUT2D eigenvalue weighted by atomic mass is 10.2. The predicted molar refractivity (Wildman–Crippen MR) is 74.5 cm³/mol. The predicted octanol–water partition coefficient (Wildman–Crippen LogP) is 2.38. The van der Waals surface area contributed by atoms with Gasteiger partial charge in [-0.05, 0) is 30.3 Å². The molecule has 1 heterocycles. The third-order valence-corrected chi connectivity index (χ3v) is 2.44. The molecule has 0 radical (unpaired) electrons. The van der Waals surface area contributed by atoms with Crippen LogP contribution in [0.4, 0.5) is 10.5 Å². The fourth-order valence-corrected chi connectivity index (χ4v) is 1.54. The molecular formula is C15H13N3O. The van der Waals surface area contributed by atoms with Crippen molar-refractivity contribution in [3.63, 3.8) is 0 Å². The highest BCUT2D eigenvalue weighted by atomic mass is 16.2. The van der Waals surface area contributed by atoms with E-state index in [1.807, 2.05) is 18.2 Å². The molecular weight excluding hydrogens is 238 g/mol. The van der Waals surface area contributed by atoms with Gasteiger partial charge in [-0.1, -0.05) is 18.1 Å². The summed E-state index contributed by atoms with van der Waals surface area (Å²) in [4.78, 5) is 15.8. The number of rotatable bonds is 3. The molecule has 4 nitrogen and oxygen atoms in total. The summed E-state index contributed by atoms with van der Waals surface area (Å²) >= 11 is 0. The molecule has 0 fully saturated rings. The molecule has 0 aliphatic heterocycles. The van der Waals surface area contributed by atoms with Crippen molar-refractivity contribution in [1.82, 2.24) is 10.3 Å². The Labute approximate surface area is 111 Å². The molecule has 2 aromatic rings. The molecule has 0 aliphatic rings. The fourth-order valence-electron chi connectivity index (χ4n) is 1.54. The molecule has 1 aromatic heterocycles. The van der Waals surface area contributed by atoms with E-state index in [0.29, 0.717) is 12.2 Å². The highest BCUT2D eigenvalue weighted by Crippen LogP contribution is 2.09. The molecule has 2 rings (SSSR count). The molecule has 0 unspecified atom stereocenters. The summed E-state index contributed by atoms with van der Waals surface area (Å²) in [5.41, 5.74) is 2.19. The van der Waals surface area contributed by atoms with E-state index in [-0.39, 0.29) is 6.03 Å². The van der Waals surface area contributed by atoms with Gasteiger partial charge < -0.3 is 10.6 Å². The number of anilines is 1. The molecule has 1 aromatic carbocycles. The number of urea groups is 1. The van der Waals surface area contributed by atoms with Crippen LogP contribution in [0.1, 0.15) is 11.3 Å². The van der Waals surface area contributed by atoms with E-state index < -0.39 is 0 Å². The van der Waals surface area contributed by atoms with Crippen molar-refractivity contribution in [2.75, 3.05) is 5.32 Å². The van der Waals surface area contributed by atoms with Gasteiger partial charge in [0.05, 0.1) is 12.2 Å². The maximum absolute atomic E-state index is 11.7. The molecule has 0 bridgehead atoms. The van der Waals surface area contributed by atoms with Crippen LogP contribution in [-0.2, 0) is 6.54 Å². The number of nitrogens with zero attached hydrogens (tertiary/aromatic N) is 1. The molecule has 2 N–H and O–H groups in total. The van der Waals surface area contributed by atoms with Crippen LogP contribution in [0.25, 0.3) is 0 Å². The van der Waals surface area contributed by atoms with Crippen LogP contribution in [0.3, 0.4) is 0 Å². The minimum absolute atomic E-state index is 0.292. The van der Waals surface area contributed by atoms with Crippen LogP contribution in [0, 0.1) is 12.3 Å². The molecule has 2 amide bonds. The molecule has 19 heavy (non-hydrogen) atoms. The summed E-state index contributed by atoms with van der Waals surface area (Å²) in [6.07, 6.45) is 6.98. The van der Waals surface area contributed by atoms with Crippen LogP contribution >= 0.6 is 0 Å². The Morgan fingerprint density at radius 2 is 2.16 bits per heavy atom. The first-order valence-corrected chi connectivity index (χ1v) is 5.79. The van der Waals surface area contributed by atoms with Gasteiger partial charge in [-0.2, -0.15) is 0 Å². The van der Waals surface area contributed by atoms with E-state index in [1.54, 1.807) is 30.5 Å². The van der Waals surface area contributed by atoms with Crippen molar-refractivity contribution in [1.29, 1.82) is 0 Å². The first kappa shape index (κ1) is 12.7. The van der Waals surface area contributed by atoms with E-state index in [4.69, 9.17) is 6.42 Å². The SMILES string of the molecule is C#Cc1cccc(NC(=O)NCc2ccccn2)c1. The number of hydrogen-bond donors (Lipinski definition) is 2. The van der Waals surface area contributed by atoms with Gasteiger partial charge in [0.1, 0.15) is 0 Å². The molecule has 0 atom stereocenters. The number of benzene rings is 1. The summed E-state index contributed by atoms with van der Waals surface area (Å²) in [5.74, 6) is 2.52. The lowest BCUT2D eigenvalue weighted by Crippen LogP contribution is -2.28. The Morgan fingerprint density at radius 3 is 2.89 bits per heavy atom. The molecule has 0 aliphatic carbocycles. The Balaban J connectivity index is 1.89. The molecule has 4 heteroatoms. The summed E-state index contributed by atoms with van der Waals surface area (Å²) in [6.45, 7) is 0.376. The van der Waals surface area contributed by atoms with Crippen molar-refractivity contribution in [2.24, 2.45) is 0 Å². The average Bonchev–Trinajstić information content (AvgIpc) is 2.46. The fraction of sp³-hybridized carbons (Fsp3) is 0.0667. The molecule has 0 saturated carbocycles. The number of terminal acetylenes is 1. The van der Waals surface area contributed by atoms with Gasteiger partial charge in [0.15, 0.2) is 0 Å². The Kier molecular flexibility index (Phi) is 4.14. The van der Waals surface area contributed by atoms with E-state index in [2.05, 4.69) is 21.5 Å². The molecule has 0 spiro atoms. The van der Waals surface area contributed by atoms with Gasteiger partial charge in [0, 0.05) is 17.4 Å². The van der Waals surface area contributed by atoms with Crippen molar-refractivity contribution >= 4 is 11.7 Å². The number of carbonyl (C=O) groups is 1. The van der Waals surface area contributed by atoms with Crippen molar-refractivity contribution in [2.45, 2.75) is 6.54 Å². The normalized spacial score (nSPS) is 9.42. The first-order chi connectivity index (χ1) is 9.28. The average molecular weight is 251 g/mol. The monoisotopic (exact) mass is 251 g/mol. The van der Waals surface area contributed by atoms with Crippen molar-refractivity contribution < 1.29 is 4.79 Å². The zero-order valence-electron chi connectivity index (χ0n) is 10.3. The Hall–Kier alpha value is -2.80. The number of amides is 2. The number of nitrogens with one attached hydrogen (secondary N) is 2. The van der Waals surface area contributed by atoms with Gasteiger partial charge in [-0.15, -0.1) is 6.42 Å². The van der Waals surface area contributed by atoms with Crippen LogP contribution in [0.2, 0.25) is 0 Å². The smallest absolute Gasteiger partial charge is 0.319 e. The number of pyridine rings is 1. The van der Waals surface area contributed by atoms with Crippen LogP contribution < -0.4 is 10.6 Å². The van der Waals surface area contributed by atoms with Gasteiger partial charge in [-0.3, -0.25) is 4.98 Å². The van der Waals surface area contributed by atoms with Gasteiger partial charge in [0.25, 0.3) is 0 Å². The molecule has 0 saturated heterocycles. The number of hydrogen-bond acceptors (Lipinski definition) is 2. The lowest BCUT2D eigenvalue weighted by molar-refractivity contribution is 0.251. The summed E-state index contributed by atoms with van der Waals surface area (Å²) in [5, 5.41) is 5.43. The highest BCUT2D eigenvalue weighted by Gasteiger charge is 2.02. The standard InChI is InChI=1S/C15H13N3O/c1-2-12-6-5-8-13(10-12)18-15(19)17-11-14-7-3-4-9-16-14/h1,3-10H,11H2,(H2,17,18,19). The van der Waals surface area contributed by atoms with Crippen molar-refractivity contribution in [3.8, 4) is 12.3 Å². The molecule has 94 valence electrons. The van der Waals surface area contributed by atoms with E-state index in [9.17, 15) is 4.79 Å². The summed E-state index contributed by atoms with van der Waals surface area (Å²) in [6, 6.07) is 12.4. The third-order valence-electron chi connectivity index (χ3n) is 2.44. The van der Waals surface area contributed by atoms with E-state index in [0.717, 1.165) is 11.3 Å². The van der Waals surface area contributed by atoms with Crippen LogP contribution in [-0.4, -0.2) is 11.0 Å². The topological polar surface area (TPSA) is 54.0 Å². The first-order valence-electron chi connectivity index (χ1n) is 5.79. The maximum atomic E-state index is 11.7. The summed E-state index contributed by atoms with van der Waals surface area (Å²) in [7, 11) is 0. The van der Waals surface area contributed by atoms with E-state index >= 15 is 0 Å². The van der Waals surface area contributed by atoms with Gasteiger partial charge >= 0.3 is 6.03 Å². The second-order valence-corrected chi connectivity index (χ2v) is 3.85. The maximum Gasteiger partial charge on any atom is 0.319 e. The zero-order chi connectivity index (χ0) is 13.5.